The number of rotatable bonds is 6. The van der Waals surface area contributed by atoms with Crippen LogP contribution >= 0.6 is 0 Å². The molecule has 1 atom stereocenters. The predicted molar refractivity (Wildman–Crippen MR) is 106 cm³/mol. The number of nitrogens with zero attached hydrogens (tertiary/aromatic N) is 1. The van der Waals surface area contributed by atoms with E-state index >= 15 is 0 Å². The van der Waals surface area contributed by atoms with Gasteiger partial charge in [-0.05, 0) is 41.7 Å². The summed E-state index contributed by atoms with van der Waals surface area (Å²) in [6.45, 7) is 4.69. The number of benzene rings is 2. The van der Waals surface area contributed by atoms with Gasteiger partial charge in [0.25, 0.3) is 0 Å². The van der Waals surface area contributed by atoms with Crippen LogP contribution < -0.4 is 15.0 Å². The summed E-state index contributed by atoms with van der Waals surface area (Å²) in [7, 11) is 1.61. The number of amides is 2. The van der Waals surface area contributed by atoms with E-state index in [9.17, 15) is 9.59 Å². The highest BCUT2D eigenvalue weighted by molar-refractivity contribution is 5.99. The lowest BCUT2D eigenvalue weighted by atomic mass is 9.87. The zero-order valence-electron chi connectivity index (χ0n) is 16.1. The van der Waals surface area contributed by atoms with Gasteiger partial charge in [-0.3, -0.25) is 9.59 Å². The van der Waals surface area contributed by atoms with E-state index in [1.807, 2.05) is 62.4 Å². The molecule has 0 aliphatic carbocycles. The molecule has 0 spiro atoms. The molecule has 1 unspecified atom stereocenters. The molecule has 1 aliphatic heterocycles. The monoisotopic (exact) mass is 366 g/mol. The number of methoxy groups -OCH3 is 1. The van der Waals surface area contributed by atoms with Crippen molar-refractivity contribution in [3.63, 3.8) is 0 Å². The first-order valence-corrected chi connectivity index (χ1v) is 9.31. The highest BCUT2D eigenvalue weighted by atomic mass is 16.5. The summed E-state index contributed by atoms with van der Waals surface area (Å²) in [4.78, 5) is 27.2. The van der Waals surface area contributed by atoms with Crippen LogP contribution in [0.1, 0.15) is 30.9 Å². The molecule has 0 saturated heterocycles. The van der Waals surface area contributed by atoms with Gasteiger partial charge >= 0.3 is 0 Å². The summed E-state index contributed by atoms with van der Waals surface area (Å²) in [6, 6.07) is 15.4. The molecule has 0 aromatic heterocycles. The molecule has 1 heterocycles. The Morgan fingerprint density at radius 3 is 2.48 bits per heavy atom. The van der Waals surface area contributed by atoms with Crippen molar-refractivity contribution >= 4 is 17.5 Å². The minimum absolute atomic E-state index is 0.00649. The van der Waals surface area contributed by atoms with Crippen molar-refractivity contribution < 1.29 is 14.3 Å². The Morgan fingerprint density at radius 2 is 1.81 bits per heavy atom. The standard InChI is InChI=1S/C22H26N2O3/c1-15(2)21(17-8-10-18(27-3)11-9-17)22(26)23-14-20(25)24-13-12-16-6-4-5-7-19(16)24/h4-11,15,21H,12-14H2,1-3H3,(H,23,26). The van der Waals surface area contributed by atoms with Crippen LogP contribution in [0.3, 0.4) is 0 Å². The lowest BCUT2D eigenvalue weighted by Gasteiger charge is -2.22. The number of ether oxygens (including phenoxy) is 1. The van der Waals surface area contributed by atoms with Crippen LogP contribution in [0.2, 0.25) is 0 Å². The first-order chi connectivity index (χ1) is 13.0. The zero-order valence-corrected chi connectivity index (χ0v) is 16.1. The molecule has 0 saturated carbocycles. The highest BCUT2D eigenvalue weighted by Gasteiger charge is 2.27. The fourth-order valence-electron chi connectivity index (χ4n) is 3.62. The predicted octanol–water partition coefficient (Wildman–Crippen LogP) is 3.14. The topological polar surface area (TPSA) is 58.6 Å². The second-order valence-electron chi connectivity index (χ2n) is 7.14. The van der Waals surface area contributed by atoms with Gasteiger partial charge in [-0.15, -0.1) is 0 Å². The third-order valence-electron chi connectivity index (χ3n) is 5.03. The molecule has 5 nitrogen and oxygen atoms in total. The van der Waals surface area contributed by atoms with Crippen molar-refractivity contribution in [2.75, 3.05) is 25.1 Å². The number of carbonyl (C=O) groups is 2. The first kappa shape index (κ1) is 19.0. The third-order valence-corrected chi connectivity index (χ3v) is 5.03. The van der Waals surface area contributed by atoms with E-state index in [0.717, 1.165) is 23.4 Å². The smallest absolute Gasteiger partial charge is 0.246 e. The maximum absolute atomic E-state index is 12.8. The fraction of sp³-hybridized carbons (Fsp3) is 0.364. The van der Waals surface area contributed by atoms with Gasteiger partial charge in [0.2, 0.25) is 11.8 Å². The molecule has 0 fully saturated rings. The minimum atomic E-state index is -0.311. The summed E-state index contributed by atoms with van der Waals surface area (Å²) in [6.07, 6.45) is 0.857. The number of nitrogens with one attached hydrogen (secondary N) is 1. The molecule has 1 aliphatic rings. The van der Waals surface area contributed by atoms with E-state index in [2.05, 4.69) is 5.32 Å². The van der Waals surface area contributed by atoms with Gasteiger partial charge in [-0.1, -0.05) is 44.2 Å². The SMILES string of the molecule is COc1ccc(C(C(=O)NCC(=O)N2CCc3ccccc32)C(C)C)cc1. The lowest BCUT2D eigenvalue weighted by molar-refractivity contribution is -0.126. The Labute approximate surface area is 160 Å². The number of anilines is 1. The van der Waals surface area contributed by atoms with Crippen LogP contribution in [0.5, 0.6) is 5.75 Å². The van der Waals surface area contributed by atoms with Gasteiger partial charge < -0.3 is 15.0 Å². The molecule has 27 heavy (non-hydrogen) atoms. The Bertz CT molecular complexity index is 815. The van der Waals surface area contributed by atoms with E-state index in [0.29, 0.717) is 6.54 Å². The van der Waals surface area contributed by atoms with Crippen LogP contribution in [0.25, 0.3) is 0 Å². The maximum Gasteiger partial charge on any atom is 0.246 e. The summed E-state index contributed by atoms with van der Waals surface area (Å²) >= 11 is 0. The van der Waals surface area contributed by atoms with Crippen LogP contribution in [-0.4, -0.2) is 32.0 Å². The van der Waals surface area contributed by atoms with E-state index in [4.69, 9.17) is 4.74 Å². The Kier molecular flexibility index (Phi) is 5.79. The molecular weight excluding hydrogens is 340 g/mol. The number of fused-ring (bicyclic) bond motifs is 1. The first-order valence-electron chi connectivity index (χ1n) is 9.31. The van der Waals surface area contributed by atoms with Crippen molar-refractivity contribution in [3.05, 3.63) is 59.7 Å². The Hall–Kier alpha value is -2.82. The number of para-hydroxylation sites is 1. The van der Waals surface area contributed by atoms with Crippen molar-refractivity contribution in [1.29, 1.82) is 0 Å². The van der Waals surface area contributed by atoms with Gasteiger partial charge in [0.1, 0.15) is 5.75 Å². The zero-order chi connectivity index (χ0) is 19.4. The molecule has 142 valence electrons. The normalized spacial score (nSPS) is 14.0. The molecule has 5 heteroatoms. The van der Waals surface area contributed by atoms with Crippen molar-refractivity contribution in [2.45, 2.75) is 26.2 Å². The third kappa shape index (κ3) is 4.13. The molecule has 2 aromatic rings. The average Bonchev–Trinajstić information content (AvgIpc) is 3.11. The quantitative estimate of drug-likeness (QED) is 0.854. The van der Waals surface area contributed by atoms with Crippen molar-refractivity contribution in [2.24, 2.45) is 5.92 Å². The van der Waals surface area contributed by atoms with Crippen LogP contribution in [0.15, 0.2) is 48.5 Å². The van der Waals surface area contributed by atoms with Crippen molar-refractivity contribution in [1.82, 2.24) is 5.32 Å². The average molecular weight is 366 g/mol. The summed E-state index contributed by atoms with van der Waals surface area (Å²) in [5.74, 6) is 0.349. The fourth-order valence-corrected chi connectivity index (χ4v) is 3.62. The van der Waals surface area contributed by atoms with Crippen LogP contribution in [0.4, 0.5) is 5.69 Å². The van der Waals surface area contributed by atoms with E-state index in [1.54, 1.807) is 12.0 Å². The highest BCUT2D eigenvalue weighted by Crippen LogP contribution is 2.28. The molecule has 2 amide bonds. The van der Waals surface area contributed by atoms with Gasteiger partial charge in [-0.2, -0.15) is 0 Å². The van der Waals surface area contributed by atoms with Gasteiger partial charge in [-0.25, -0.2) is 0 Å². The van der Waals surface area contributed by atoms with E-state index in [-0.39, 0.29) is 30.2 Å². The van der Waals surface area contributed by atoms with Gasteiger partial charge in [0.15, 0.2) is 0 Å². The number of hydrogen-bond acceptors (Lipinski definition) is 3. The van der Waals surface area contributed by atoms with Gasteiger partial charge in [0.05, 0.1) is 19.6 Å². The second kappa shape index (κ2) is 8.25. The largest absolute Gasteiger partial charge is 0.497 e. The van der Waals surface area contributed by atoms with Crippen LogP contribution in [-0.2, 0) is 16.0 Å². The maximum atomic E-state index is 12.8. The van der Waals surface area contributed by atoms with Crippen molar-refractivity contribution in [3.8, 4) is 5.75 Å². The van der Waals surface area contributed by atoms with E-state index < -0.39 is 0 Å². The number of carbonyl (C=O) groups excluding carboxylic acids is 2. The number of hydrogen-bond donors (Lipinski definition) is 1. The molecule has 1 N–H and O–H groups in total. The summed E-state index contributed by atoms with van der Waals surface area (Å²) in [5.41, 5.74) is 3.05. The molecule has 3 rings (SSSR count). The summed E-state index contributed by atoms with van der Waals surface area (Å²) < 4.78 is 5.18. The molecule has 0 radical (unpaired) electrons. The van der Waals surface area contributed by atoms with Gasteiger partial charge in [0, 0.05) is 12.2 Å². The molecule has 2 aromatic carbocycles. The molecule has 0 bridgehead atoms. The van der Waals surface area contributed by atoms with Crippen LogP contribution in [0, 0.1) is 5.92 Å². The Balaban J connectivity index is 1.65. The van der Waals surface area contributed by atoms with E-state index in [1.165, 1.54) is 5.56 Å². The lowest BCUT2D eigenvalue weighted by Crippen LogP contribution is -2.41. The second-order valence-corrected chi connectivity index (χ2v) is 7.14. The Morgan fingerprint density at radius 1 is 1.11 bits per heavy atom. The minimum Gasteiger partial charge on any atom is -0.497 e. The summed E-state index contributed by atoms with van der Waals surface area (Å²) in [5, 5.41) is 2.84. The molecular formula is C22H26N2O3.